The van der Waals surface area contributed by atoms with Crippen molar-refractivity contribution in [2.75, 3.05) is 0 Å². The summed E-state index contributed by atoms with van der Waals surface area (Å²) in [6.45, 7) is 3.04. The van der Waals surface area contributed by atoms with Crippen molar-refractivity contribution < 1.29 is 29.4 Å². The Kier molecular flexibility index (Phi) is 3.21. The lowest BCUT2D eigenvalue weighted by Gasteiger charge is -2.23. The Hall–Kier alpha value is -1.92. The number of likely N-dealkylation sites (tertiary alicyclic amines) is 1. The molecule has 1 aliphatic heterocycles. The largest absolute Gasteiger partial charge is 0.481 e. The maximum absolute atomic E-state index is 11.8. The first-order chi connectivity index (χ1) is 7.66. The Balaban J connectivity index is 3.04. The van der Waals surface area contributed by atoms with Crippen LogP contribution in [-0.4, -0.2) is 44.9 Å². The third-order valence-corrected chi connectivity index (χ3v) is 2.62. The summed E-state index contributed by atoms with van der Waals surface area (Å²) in [4.78, 5) is 45.4. The second-order valence-corrected chi connectivity index (χ2v) is 4.58. The Morgan fingerprint density at radius 2 is 1.88 bits per heavy atom. The van der Waals surface area contributed by atoms with Gasteiger partial charge >= 0.3 is 11.9 Å². The Morgan fingerprint density at radius 1 is 1.35 bits per heavy atom. The van der Waals surface area contributed by atoms with E-state index in [1.807, 2.05) is 0 Å². The van der Waals surface area contributed by atoms with Gasteiger partial charge in [-0.05, 0) is 0 Å². The highest BCUT2D eigenvalue weighted by Gasteiger charge is 2.49. The van der Waals surface area contributed by atoms with E-state index in [4.69, 9.17) is 10.2 Å². The highest BCUT2D eigenvalue weighted by atomic mass is 16.4. The first-order valence-corrected chi connectivity index (χ1v) is 4.98. The van der Waals surface area contributed by atoms with Crippen LogP contribution in [0.25, 0.3) is 0 Å². The van der Waals surface area contributed by atoms with Crippen molar-refractivity contribution in [1.29, 1.82) is 0 Å². The average Bonchev–Trinajstić information content (AvgIpc) is 2.33. The molecular formula is C10H13NO6. The van der Waals surface area contributed by atoms with Crippen LogP contribution in [-0.2, 0) is 19.2 Å². The minimum Gasteiger partial charge on any atom is -0.481 e. The van der Waals surface area contributed by atoms with E-state index in [1.54, 1.807) is 0 Å². The zero-order valence-electron chi connectivity index (χ0n) is 9.47. The number of carboxylic acid groups (broad SMARTS) is 2. The lowest BCUT2D eigenvalue weighted by molar-refractivity contribution is -0.158. The normalized spacial score (nSPS) is 20.5. The Bertz CT molecular complexity index is 400. The van der Waals surface area contributed by atoms with Gasteiger partial charge in [0.2, 0.25) is 11.8 Å². The van der Waals surface area contributed by atoms with Crippen LogP contribution in [0.5, 0.6) is 0 Å². The molecule has 1 fully saturated rings. The number of nitrogens with zero attached hydrogens (tertiary/aromatic N) is 1. The average molecular weight is 243 g/mol. The van der Waals surface area contributed by atoms with Gasteiger partial charge in [0.15, 0.2) is 0 Å². The zero-order valence-corrected chi connectivity index (χ0v) is 9.47. The summed E-state index contributed by atoms with van der Waals surface area (Å²) < 4.78 is 0. The van der Waals surface area contributed by atoms with E-state index in [0.717, 1.165) is 0 Å². The molecule has 2 amide bonds. The molecule has 7 heteroatoms. The van der Waals surface area contributed by atoms with Gasteiger partial charge in [-0.25, -0.2) is 4.79 Å². The lowest BCUT2D eigenvalue weighted by atomic mass is 9.92. The number of carbonyl (C=O) groups is 4. The summed E-state index contributed by atoms with van der Waals surface area (Å²) >= 11 is 0. The molecule has 0 aromatic heterocycles. The van der Waals surface area contributed by atoms with E-state index < -0.39 is 41.6 Å². The molecule has 1 atom stereocenters. The van der Waals surface area contributed by atoms with Gasteiger partial charge in [-0.2, -0.15) is 0 Å². The van der Waals surface area contributed by atoms with Gasteiger partial charge in [0.25, 0.3) is 0 Å². The van der Waals surface area contributed by atoms with Crippen molar-refractivity contribution in [3.8, 4) is 0 Å². The third kappa shape index (κ3) is 2.43. The van der Waals surface area contributed by atoms with E-state index in [2.05, 4.69) is 0 Å². The van der Waals surface area contributed by atoms with Crippen molar-refractivity contribution in [2.45, 2.75) is 32.7 Å². The molecule has 17 heavy (non-hydrogen) atoms. The number of amides is 2. The van der Waals surface area contributed by atoms with E-state index >= 15 is 0 Å². The predicted molar refractivity (Wildman–Crippen MR) is 53.9 cm³/mol. The quantitative estimate of drug-likeness (QED) is 0.655. The molecule has 0 spiro atoms. The van der Waals surface area contributed by atoms with Gasteiger partial charge in [-0.3, -0.25) is 19.3 Å². The number of hydrogen-bond acceptors (Lipinski definition) is 4. The zero-order chi connectivity index (χ0) is 13.4. The molecule has 0 aliphatic carbocycles. The molecule has 0 saturated carbocycles. The molecule has 1 saturated heterocycles. The number of imide groups is 1. The van der Waals surface area contributed by atoms with Crippen LogP contribution in [0.15, 0.2) is 0 Å². The van der Waals surface area contributed by atoms with Gasteiger partial charge in [-0.15, -0.1) is 0 Å². The topological polar surface area (TPSA) is 112 Å². The first kappa shape index (κ1) is 13.1. The van der Waals surface area contributed by atoms with E-state index in [1.165, 1.54) is 13.8 Å². The van der Waals surface area contributed by atoms with Gasteiger partial charge in [0.1, 0.15) is 6.04 Å². The number of carboxylic acids is 2. The summed E-state index contributed by atoms with van der Waals surface area (Å²) in [5.41, 5.74) is -0.969. The number of rotatable bonds is 4. The second-order valence-electron chi connectivity index (χ2n) is 4.58. The molecule has 1 unspecified atom stereocenters. The molecule has 1 rings (SSSR count). The summed E-state index contributed by atoms with van der Waals surface area (Å²) in [5.74, 6) is -4.15. The van der Waals surface area contributed by atoms with Gasteiger partial charge < -0.3 is 10.2 Å². The molecule has 0 radical (unpaired) electrons. The molecule has 0 bridgehead atoms. The van der Waals surface area contributed by atoms with E-state index in [0.29, 0.717) is 4.90 Å². The van der Waals surface area contributed by atoms with Crippen molar-refractivity contribution >= 4 is 23.8 Å². The highest BCUT2D eigenvalue weighted by molar-refractivity contribution is 6.08. The fourth-order valence-electron chi connectivity index (χ4n) is 1.75. The summed E-state index contributed by atoms with van der Waals surface area (Å²) in [5, 5.41) is 17.5. The molecule has 1 aliphatic rings. The van der Waals surface area contributed by atoms with Crippen LogP contribution in [0.1, 0.15) is 26.7 Å². The van der Waals surface area contributed by atoms with Crippen LogP contribution >= 0.6 is 0 Å². The van der Waals surface area contributed by atoms with Gasteiger partial charge in [0.05, 0.1) is 11.8 Å². The SMILES string of the molecule is CC1(C)CC(=O)N(C(CC(=O)O)C(=O)O)C1=O. The fraction of sp³-hybridized carbons (Fsp3) is 0.600. The number of aliphatic carboxylic acids is 2. The molecule has 0 aromatic carbocycles. The van der Waals surface area contributed by atoms with Crippen molar-refractivity contribution in [3.63, 3.8) is 0 Å². The summed E-state index contributed by atoms with van der Waals surface area (Å²) in [6.07, 6.45) is -0.891. The van der Waals surface area contributed by atoms with Crippen LogP contribution in [0.4, 0.5) is 0 Å². The maximum Gasteiger partial charge on any atom is 0.327 e. The minimum atomic E-state index is -1.63. The van der Waals surface area contributed by atoms with Gasteiger partial charge in [0, 0.05) is 6.42 Å². The first-order valence-electron chi connectivity index (χ1n) is 4.98. The summed E-state index contributed by atoms with van der Waals surface area (Å²) in [6, 6.07) is -1.63. The Morgan fingerprint density at radius 3 is 2.18 bits per heavy atom. The van der Waals surface area contributed by atoms with Crippen molar-refractivity contribution in [3.05, 3.63) is 0 Å². The van der Waals surface area contributed by atoms with Gasteiger partial charge in [-0.1, -0.05) is 13.8 Å². The van der Waals surface area contributed by atoms with E-state index in [9.17, 15) is 19.2 Å². The maximum atomic E-state index is 11.8. The molecule has 0 aromatic rings. The van der Waals surface area contributed by atoms with Crippen LogP contribution in [0.3, 0.4) is 0 Å². The molecule has 1 heterocycles. The highest BCUT2D eigenvalue weighted by Crippen LogP contribution is 2.33. The van der Waals surface area contributed by atoms with Crippen molar-refractivity contribution in [2.24, 2.45) is 5.41 Å². The van der Waals surface area contributed by atoms with Crippen LogP contribution < -0.4 is 0 Å². The summed E-state index contributed by atoms with van der Waals surface area (Å²) in [7, 11) is 0. The fourth-order valence-corrected chi connectivity index (χ4v) is 1.75. The number of hydrogen-bond donors (Lipinski definition) is 2. The van der Waals surface area contributed by atoms with Crippen LogP contribution in [0.2, 0.25) is 0 Å². The molecule has 2 N–H and O–H groups in total. The Labute approximate surface area is 97.0 Å². The molecule has 7 nitrogen and oxygen atoms in total. The smallest absolute Gasteiger partial charge is 0.327 e. The second kappa shape index (κ2) is 4.15. The predicted octanol–water partition coefficient (Wildman–Crippen LogP) is -0.301. The van der Waals surface area contributed by atoms with Crippen molar-refractivity contribution in [1.82, 2.24) is 4.90 Å². The monoisotopic (exact) mass is 243 g/mol. The standard InChI is InChI=1S/C10H13NO6/c1-10(2)4-6(12)11(9(10)17)5(8(15)16)3-7(13)14/h5H,3-4H2,1-2H3,(H,13,14)(H,15,16). The minimum absolute atomic E-state index is 0.102. The molecular weight excluding hydrogens is 230 g/mol. The third-order valence-electron chi connectivity index (χ3n) is 2.62. The van der Waals surface area contributed by atoms with Crippen LogP contribution in [0, 0.1) is 5.41 Å². The lowest BCUT2D eigenvalue weighted by Crippen LogP contribution is -2.47. The number of carbonyl (C=O) groups excluding carboxylic acids is 2. The van der Waals surface area contributed by atoms with E-state index in [-0.39, 0.29) is 6.42 Å². The molecule has 94 valence electrons.